The van der Waals surface area contributed by atoms with Gasteiger partial charge in [0.2, 0.25) is 0 Å². The fraction of sp³-hybridized carbons (Fsp3) is 0.200. The predicted octanol–water partition coefficient (Wildman–Crippen LogP) is 0.946. The number of anilines is 1. The van der Waals surface area contributed by atoms with Crippen molar-refractivity contribution in [1.29, 1.82) is 0 Å². The number of para-hydroxylation sites is 2. The molecule has 2 aromatic carbocycles. The first-order valence-corrected chi connectivity index (χ1v) is 8.97. The van der Waals surface area contributed by atoms with Gasteiger partial charge in [0.1, 0.15) is 11.6 Å². The van der Waals surface area contributed by atoms with Gasteiger partial charge in [0, 0.05) is 6.54 Å². The van der Waals surface area contributed by atoms with Crippen molar-refractivity contribution >= 4 is 29.4 Å². The molecule has 0 bridgehead atoms. The largest absolute Gasteiger partial charge is 0.482 e. The van der Waals surface area contributed by atoms with Crippen molar-refractivity contribution in [3.63, 3.8) is 0 Å². The first-order chi connectivity index (χ1) is 14.5. The molecule has 0 saturated heterocycles. The van der Waals surface area contributed by atoms with Crippen molar-refractivity contribution in [2.45, 2.75) is 6.42 Å². The lowest BCUT2D eigenvalue weighted by Gasteiger charge is -2.28. The number of nitrogens with one attached hydrogen (secondary N) is 2. The number of fused-ring (bicyclic) bond motifs is 1. The van der Waals surface area contributed by atoms with Crippen LogP contribution in [0.25, 0.3) is 0 Å². The third-order valence-electron chi connectivity index (χ3n) is 4.15. The molecule has 0 radical (unpaired) electrons. The topological polar surface area (TPSA) is 114 Å². The van der Waals surface area contributed by atoms with E-state index in [0.717, 1.165) is 6.07 Å². The molecule has 0 saturated carbocycles. The molecule has 1 aliphatic rings. The Morgan fingerprint density at radius 3 is 2.60 bits per heavy atom. The molecule has 0 atom stereocenters. The van der Waals surface area contributed by atoms with E-state index in [-0.39, 0.29) is 31.0 Å². The summed E-state index contributed by atoms with van der Waals surface area (Å²) in [7, 11) is 0. The number of halogens is 1. The number of nitrogens with zero attached hydrogens (tertiary/aromatic N) is 1. The van der Waals surface area contributed by atoms with E-state index >= 15 is 0 Å². The number of hydrogen-bond donors (Lipinski definition) is 2. The van der Waals surface area contributed by atoms with E-state index in [0.29, 0.717) is 11.4 Å². The molecule has 0 fully saturated rings. The minimum atomic E-state index is -0.850. The summed E-state index contributed by atoms with van der Waals surface area (Å²) >= 11 is 0. The molecule has 1 aliphatic heterocycles. The molecule has 9 nitrogen and oxygen atoms in total. The number of carbonyl (C=O) groups excluding carboxylic acids is 4. The number of carbonyl (C=O) groups is 4. The summed E-state index contributed by atoms with van der Waals surface area (Å²) in [5.74, 6) is -2.86. The van der Waals surface area contributed by atoms with E-state index < -0.39 is 30.2 Å². The summed E-state index contributed by atoms with van der Waals surface area (Å²) < 4.78 is 23.7. The second kappa shape index (κ2) is 9.50. The van der Waals surface area contributed by atoms with E-state index in [2.05, 4.69) is 0 Å². The van der Waals surface area contributed by atoms with Crippen LogP contribution < -0.4 is 20.5 Å². The SMILES string of the molecule is O=C(COC(=O)CCN1C(=O)COc2ccccc21)NNC(=O)c1ccccc1F. The minimum absolute atomic E-state index is 0.0592. The number of rotatable bonds is 6. The predicted molar refractivity (Wildman–Crippen MR) is 102 cm³/mol. The van der Waals surface area contributed by atoms with Gasteiger partial charge in [0.25, 0.3) is 17.7 Å². The highest BCUT2D eigenvalue weighted by molar-refractivity contribution is 5.98. The van der Waals surface area contributed by atoms with Crippen molar-refractivity contribution in [3.05, 3.63) is 59.9 Å². The third-order valence-corrected chi connectivity index (χ3v) is 4.15. The van der Waals surface area contributed by atoms with E-state index in [4.69, 9.17) is 9.47 Å². The van der Waals surface area contributed by atoms with Crippen LogP contribution in [0.1, 0.15) is 16.8 Å². The number of hydrogen-bond acceptors (Lipinski definition) is 6. The fourth-order valence-electron chi connectivity index (χ4n) is 2.70. The van der Waals surface area contributed by atoms with Gasteiger partial charge in [0.05, 0.1) is 17.7 Å². The zero-order valence-corrected chi connectivity index (χ0v) is 15.7. The Bertz CT molecular complexity index is 981. The van der Waals surface area contributed by atoms with Crippen molar-refractivity contribution in [2.24, 2.45) is 0 Å². The molecule has 0 aliphatic carbocycles. The van der Waals surface area contributed by atoms with Crippen LogP contribution in [0.3, 0.4) is 0 Å². The number of ether oxygens (including phenoxy) is 2. The Kier molecular flexibility index (Phi) is 6.58. The fourth-order valence-corrected chi connectivity index (χ4v) is 2.70. The molecule has 3 rings (SSSR count). The van der Waals surface area contributed by atoms with Crippen LogP contribution in [-0.4, -0.2) is 43.4 Å². The second-order valence-corrected chi connectivity index (χ2v) is 6.19. The molecular weight excluding hydrogens is 397 g/mol. The normalized spacial score (nSPS) is 12.4. The van der Waals surface area contributed by atoms with E-state index in [1.165, 1.54) is 23.1 Å². The maximum atomic E-state index is 13.5. The third kappa shape index (κ3) is 5.10. The Balaban J connectivity index is 1.42. The van der Waals surface area contributed by atoms with Crippen LogP contribution >= 0.6 is 0 Å². The number of amides is 3. The Morgan fingerprint density at radius 1 is 1.07 bits per heavy atom. The minimum Gasteiger partial charge on any atom is -0.482 e. The maximum absolute atomic E-state index is 13.5. The van der Waals surface area contributed by atoms with Crippen molar-refractivity contribution in [2.75, 3.05) is 24.7 Å². The molecule has 1 heterocycles. The molecule has 10 heteroatoms. The summed E-state index contributed by atoms with van der Waals surface area (Å²) in [6.07, 6.45) is -0.144. The van der Waals surface area contributed by atoms with Crippen molar-refractivity contribution < 1.29 is 33.0 Å². The molecule has 0 aromatic heterocycles. The van der Waals surface area contributed by atoms with Gasteiger partial charge in [-0.3, -0.25) is 30.0 Å². The lowest BCUT2D eigenvalue weighted by molar-refractivity contribution is -0.148. The zero-order valence-electron chi connectivity index (χ0n) is 15.7. The van der Waals surface area contributed by atoms with Gasteiger partial charge in [0.15, 0.2) is 13.2 Å². The Hall–Kier alpha value is -3.95. The summed E-state index contributed by atoms with van der Waals surface area (Å²) in [4.78, 5) is 48.9. The monoisotopic (exact) mass is 415 g/mol. The van der Waals surface area contributed by atoms with Gasteiger partial charge in [-0.1, -0.05) is 24.3 Å². The number of esters is 1. The Labute approximate surface area is 170 Å². The highest BCUT2D eigenvalue weighted by Gasteiger charge is 2.25. The standard InChI is InChI=1S/C20H18FN3O6/c21-14-6-2-1-5-13(14)20(28)23-22-17(25)11-30-19(27)9-10-24-15-7-3-4-8-16(15)29-12-18(24)26/h1-8H,9-12H2,(H,22,25)(H,23,28). The van der Waals surface area contributed by atoms with Gasteiger partial charge in [-0.2, -0.15) is 0 Å². The molecule has 2 N–H and O–H groups in total. The van der Waals surface area contributed by atoms with Crippen molar-refractivity contribution in [1.82, 2.24) is 10.9 Å². The van der Waals surface area contributed by atoms with Crippen LogP contribution in [-0.2, 0) is 19.1 Å². The van der Waals surface area contributed by atoms with Gasteiger partial charge in [-0.05, 0) is 24.3 Å². The first-order valence-electron chi connectivity index (χ1n) is 8.97. The van der Waals surface area contributed by atoms with Crippen molar-refractivity contribution in [3.8, 4) is 5.75 Å². The molecule has 3 amide bonds. The van der Waals surface area contributed by atoms with Gasteiger partial charge in [-0.25, -0.2) is 4.39 Å². The highest BCUT2D eigenvalue weighted by Crippen LogP contribution is 2.31. The van der Waals surface area contributed by atoms with Crippen LogP contribution in [0, 0.1) is 5.82 Å². The van der Waals surface area contributed by atoms with Gasteiger partial charge >= 0.3 is 5.97 Å². The first kappa shape index (κ1) is 20.8. The van der Waals surface area contributed by atoms with Gasteiger partial charge in [-0.15, -0.1) is 0 Å². The smallest absolute Gasteiger partial charge is 0.308 e. The maximum Gasteiger partial charge on any atom is 0.308 e. The molecule has 30 heavy (non-hydrogen) atoms. The molecule has 0 unspecified atom stereocenters. The average Bonchev–Trinajstić information content (AvgIpc) is 2.75. The zero-order chi connectivity index (χ0) is 21.5. The van der Waals surface area contributed by atoms with Crippen LogP contribution in [0.5, 0.6) is 5.75 Å². The molecule has 0 spiro atoms. The van der Waals surface area contributed by atoms with Crippen LogP contribution in [0.2, 0.25) is 0 Å². The summed E-state index contributed by atoms with van der Waals surface area (Å²) in [6.45, 7) is -0.718. The van der Waals surface area contributed by atoms with E-state index in [1.807, 2.05) is 10.9 Å². The molecule has 2 aromatic rings. The molecular formula is C20H18FN3O6. The number of hydrazine groups is 1. The highest BCUT2D eigenvalue weighted by atomic mass is 19.1. The van der Waals surface area contributed by atoms with E-state index in [1.54, 1.807) is 24.3 Å². The van der Waals surface area contributed by atoms with Gasteiger partial charge < -0.3 is 14.4 Å². The lowest BCUT2D eigenvalue weighted by atomic mass is 10.2. The average molecular weight is 415 g/mol. The number of benzene rings is 2. The van der Waals surface area contributed by atoms with Crippen LogP contribution in [0.4, 0.5) is 10.1 Å². The quantitative estimate of drug-likeness (QED) is 0.536. The second-order valence-electron chi connectivity index (χ2n) is 6.19. The summed E-state index contributed by atoms with van der Waals surface area (Å²) in [5.41, 5.74) is 4.36. The molecule has 156 valence electrons. The van der Waals surface area contributed by atoms with Crippen LogP contribution in [0.15, 0.2) is 48.5 Å². The summed E-state index contributed by atoms with van der Waals surface area (Å²) in [6, 6.07) is 12.2. The van der Waals surface area contributed by atoms with E-state index in [9.17, 15) is 23.6 Å². The Morgan fingerprint density at radius 2 is 1.80 bits per heavy atom. The lowest BCUT2D eigenvalue weighted by Crippen LogP contribution is -2.44. The summed E-state index contributed by atoms with van der Waals surface area (Å²) in [5, 5.41) is 0.